The van der Waals surface area contributed by atoms with Crippen molar-refractivity contribution in [2.24, 2.45) is 0 Å². The lowest BCUT2D eigenvalue weighted by molar-refractivity contribution is -0.116. The van der Waals surface area contributed by atoms with Crippen molar-refractivity contribution < 1.29 is 14.3 Å². The lowest BCUT2D eigenvalue weighted by Crippen LogP contribution is -2.36. The second-order valence-electron chi connectivity index (χ2n) is 6.48. The summed E-state index contributed by atoms with van der Waals surface area (Å²) in [6.07, 6.45) is 1.95. The van der Waals surface area contributed by atoms with E-state index in [-0.39, 0.29) is 11.7 Å². The van der Waals surface area contributed by atoms with Gasteiger partial charge in [0.05, 0.1) is 24.1 Å². The lowest BCUT2D eigenvalue weighted by atomic mass is 10.0. The number of carbonyl (C=O) groups excluding carboxylic acids is 2. The van der Waals surface area contributed by atoms with Crippen molar-refractivity contribution in [2.75, 3.05) is 24.3 Å². The van der Waals surface area contributed by atoms with Crippen LogP contribution < -0.4 is 4.90 Å². The molecular formula is C20H19N5O3S. The van der Waals surface area contributed by atoms with Gasteiger partial charge in [0.25, 0.3) is 0 Å². The summed E-state index contributed by atoms with van der Waals surface area (Å²) in [6.45, 7) is 0.719. The highest BCUT2D eigenvalue weighted by molar-refractivity contribution is 7.99. The molecule has 1 aromatic heterocycles. The Morgan fingerprint density at radius 2 is 1.93 bits per heavy atom. The van der Waals surface area contributed by atoms with Gasteiger partial charge in [0.1, 0.15) is 0 Å². The Labute approximate surface area is 171 Å². The Morgan fingerprint density at radius 1 is 1.14 bits per heavy atom. The number of hydrogen-bond donors (Lipinski definition) is 0. The van der Waals surface area contributed by atoms with Crippen molar-refractivity contribution in [1.29, 1.82) is 0 Å². The van der Waals surface area contributed by atoms with E-state index < -0.39 is 5.97 Å². The first-order chi connectivity index (χ1) is 14.2. The second-order valence-corrected chi connectivity index (χ2v) is 7.42. The minimum atomic E-state index is -0.407. The van der Waals surface area contributed by atoms with Crippen LogP contribution in [0.5, 0.6) is 0 Å². The molecule has 29 heavy (non-hydrogen) atoms. The maximum absolute atomic E-state index is 12.8. The fraction of sp³-hybridized carbons (Fsp3) is 0.250. The summed E-state index contributed by atoms with van der Waals surface area (Å²) < 4.78 is 6.25. The third-order valence-electron chi connectivity index (χ3n) is 4.71. The van der Waals surface area contributed by atoms with Crippen LogP contribution in [-0.2, 0) is 16.0 Å². The predicted octanol–water partition coefficient (Wildman–Crippen LogP) is 2.52. The van der Waals surface area contributed by atoms with E-state index in [1.807, 2.05) is 23.1 Å². The number of para-hydroxylation sites is 1. The fourth-order valence-electron chi connectivity index (χ4n) is 3.28. The highest BCUT2D eigenvalue weighted by atomic mass is 32.2. The SMILES string of the molecule is COC(=O)c1ccc(-n2nnnc2SCC(=O)N2CCCc3ccccc32)cc1. The third-order valence-corrected chi connectivity index (χ3v) is 5.61. The number of benzene rings is 2. The van der Waals surface area contributed by atoms with Crippen molar-refractivity contribution in [3.8, 4) is 5.69 Å². The van der Waals surface area contributed by atoms with Crippen LogP contribution in [0.25, 0.3) is 5.69 Å². The minimum Gasteiger partial charge on any atom is -0.465 e. The lowest BCUT2D eigenvalue weighted by Gasteiger charge is -2.29. The molecule has 1 aliphatic rings. The minimum absolute atomic E-state index is 0.0257. The molecule has 0 saturated carbocycles. The number of aryl methyl sites for hydroxylation is 1. The molecule has 0 bridgehead atoms. The van der Waals surface area contributed by atoms with Gasteiger partial charge < -0.3 is 9.64 Å². The first-order valence-electron chi connectivity index (χ1n) is 9.15. The number of amides is 1. The number of tetrazole rings is 1. The zero-order chi connectivity index (χ0) is 20.2. The number of nitrogens with zero attached hydrogens (tertiary/aromatic N) is 5. The first kappa shape index (κ1) is 19.1. The van der Waals surface area contributed by atoms with E-state index in [9.17, 15) is 9.59 Å². The molecule has 8 nitrogen and oxygen atoms in total. The second kappa shape index (κ2) is 8.44. The summed E-state index contributed by atoms with van der Waals surface area (Å²) in [5.41, 5.74) is 3.33. The van der Waals surface area contributed by atoms with E-state index in [1.54, 1.807) is 28.9 Å². The largest absolute Gasteiger partial charge is 0.465 e. The molecular weight excluding hydrogens is 390 g/mol. The van der Waals surface area contributed by atoms with Crippen molar-refractivity contribution in [2.45, 2.75) is 18.0 Å². The van der Waals surface area contributed by atoms with Crippen LogP contribution in [0.15, 0.2) is 53.7 Å². The number of ether oxygens (including phenoxy) is 1. The van der Waals surface area contributed by atoms with Gasteiger partial charge in [-0.05, 0) is 59.2 Å². The summed E-state index contributed by atoms with van der Waals surface area (Å²) >= 11 is 1.28. The number of methoxy groups -OCH3 is 1. The molecule has 3 aromatic rings. The van der Waals surface area contributed by atoms with Crippen LogP contribution in [0.3, 0.4) is 0 Å². The molecule has 2 heterocycles. The van der Waals surface area contributed by atoms with Gasteiger partial charge in [0.15, 0.2) is 0 Å². The van der Waals surface area contributed by atoms with E-state index in [0.717, 1.165) is 25.1 Å². The molecule has 0 atom stereocenters. The molecule has 0 unspecified atom stereocenters. The summed E-state index contributed by atoms with van der Waals surface area (Å²) in [7, 11) is 1.34. The zero-order valence-electron chi connectivity index (χ0n) is 15.8. The van der Waals surface area contributed by atoms with Gasteiger partial charge in [-0.25, -0.2) is 4.79 Å². The fourth-order valence-corrected chi connectivity index (χ4v) is 4.05. The highest BCUT2D eigenvalue weighted by Crippen LogP contribution is 2.28. The van der Waals surface area contributed by atoms with Gasteiger partial charge in [0, 0.05) is 12.2 Å². The summed E-state index contributed by atoms with van der Waals surface area (Å²) in [5, 5.41) is 12.3. The van der Waals surface area contributed by atoms with Crippen LogP contribution in [0.1, 0.15) is 22.3 Å². The molecule has 0 radical (unpaired) electrons. The summed E-state index contributed by atoms with van der Waals surface area (Å²) in [4.78, 5) is 26.2. The number of aromatic nitrogens is 4. The first-order valence-corrected chi connectivity index (χ1v) is 10.1. The van der Waals surface area contributed by atoms with Gasteiger partial charge in [-0.1, -0.05) is 30.0 Å². The average Bonchev–Trinajstić information content (AvgIpc) is 3.25. The molecule has 1 aliphatic heterocycles. The Morgan fingerprint density at radius 3 is 2.72 bits per heavy atom. The van der Waals surface area contributed by atoms with Gasteiger partial charge in [-0.15, -0.1) is 5.10 Å². The van der Waals surface area contributed by atoms with E-state index >= 15 is 0 Å². The number of fused-ring (bicyclic) bond motifs is 1. The number of esters is 1. The van der Waals surface area contributed by atoms with E-state index in [2.05, 4.69) is 21.6 Å². The van der Waals surface area contributed by atoms with Crippen molar-refractivity contribution in [3.05, 3.63) is 59.7 Å². The molecule has 0 aliphatic carbocycles. The topological polar surface area (TPSA) is 90.2 Å². The molecule has 0 spiro atoms. The Hall–Kier alpha value is -3.20. The van der Waals surface area contributed by atoms with Crippen LogP contribution >= 0.6 is 11.8 Å². The van der Waals surface area contributed by atoms with Crippen molar-refractivity contribution >= 4 is 29.3 Å². The molecule has 4 rings (SSSR count). The summed E-state index contributed by atoms with van der Waals surface area (Å²) in [5.74, 6) is -0.150. The zero-order valence-corrected chi connectivity index (χ0v) is 16.6. The smallest absolute Gasteiger partial charge is 0.337 e. The number of rotatable bonds is 5. The quantitative estimate of drug-likeness (QED) is 0.472. The normalized spacial score (nSPS) is 13.1. The summed E-state index contributed by atoms with van der Waals surface area (Å²) in [6, 6.07) is 14.8. The molecule has 0 fully saturated rings. The van der Waals surface area contributed by atoms with Gasteiger partial charge in [-0.2, -0.15) is 4.68 Å². The Balaban J connectivity index is 1.46. The maximum Gasteiger partial charge on any atom is 0.337 e. The van der Waals surface area contributed by atoms with E-state index in [0.29, 0.717) is 16.4 Å². The number of anilines is 1. The average molecular weight is 409 g/mol. The van der Waals surface area contributed by atoms with Crippen LogP contribution in [0.4, 0.5) is 5.69 Å². The van der Waals surface area contributed by atoms with Crippen molar-refractivity contribution in [3.63, 3.8) is 0 Å². The number of thioether (sulfide) groups is 1. The van der Waals surface area contributed by atoms with E-state index in [4.69, 9.17) is 4.74 Å². The molecule has 1 amide bonds. The number of hydrogen-bond acceptors (Lipinski definition) is 7. The standard InChI is InChI=1S/C20H19N5O3S/c1-28-19(27)15-8-10-16(11-9-15)25-20(21-22-23-25)29-13-18(26)24-12-4-6-14-5-2-3-7-17(14)24/h2-3,5,7-11H,4,6,12-13H2,1H3. The molecule has 148 valence electrons. The van der Waals surface area contributed by atoms with Gasteiger partial charge in [0.2, 0.25) is 11.1 Å². The molecule has 0 saturated heterocycles. The maximum atomic E-state index is 12.8. The van der Waals surface area contributed by atoms with Gasteiger partial charge in [-0.3, -0.25) is 4.79 Å². The Kier molecular flexibility index (Phi) is 5.57. The van der Waals surface area contributed by atoms with Gasteiger partial charge >= 0.3 is 5.97 Å². The highest BCUT2D eigenvalue weighted by Gasteiger charge is 2.23. The van der Waals surface area contributed by atoms with Crippen LogP contribution in [0, 0.1) is 0 Å². The molecule has 0 N–H and O–H groups in total. The molecule has 9 heteroatoms. The monoisotopic (exact) mass is 409 g/mol. The van der Waals surface area contributed by atoms with Crippen molar-refractivity contribution in [1.82, 2.24) is 20.2 Å². The van der Waals surface area contributed by atoms with E-state index in [1.165, 1.54) is 24.4 Å². The number of carbonyl (C=O) groups is 2. The van der Waals surface area contributed by atoms with Crippen LogP contribution in [-0.4, -0.2) is 51.5 Å². The predicted molar refractivity (Wildman–Crippen MR) is 108 cm³/mol. The van der Waals surface area contributed by atoms with Crippen LogP contribution in [0.2, 0.25) is 0 Å². The Bertz CT molecular complexity index is 1030. The third kappa shape index (κ3) is 4.00. The molecule has 2 aromatic carbocycles.